The molecule has 1 aromatic carbocycles. The van der Waals surface area contributed by atoms with Gasteiger partial charge in [0, 0.05) is 18.6 Å². The first-order valence-electron chi connectivity index (χ1n) is 6.42. The highest BCUT2D eigenvalue weighted by atomic mass is 32.2. The van der Waals surface area contributed by atoms with Crippen LogP contribution in [-0.4, -0.2) is 39.8 Å². The van der Waals surface area contributed by atoms with E-state index in [-0.39, 0.29) is 23.6 Å². The maximum atomic E-state index is 12.3. The average Bonchev–Trinajstić information content (AvgIpc) is 2.45. The molecule has 0 spiro atoms. The van der Waals surface area contributed by atoms with Gasteiger partial charge in [-0.1, -0.05) is 19.9 Å². The van der Waals surface area contributed by atoms with E-state index in [0.29, 0.717) is 5.56 Å². The number of nitrogens with one attached hydrogen (secondary N) is 1. The maximum Gasteiger partial charge on any atom is 0.337 e. The first kappa shape index (κ1) is 17.6. The molecule has 0 saturated carbocycles. The van der Waals surface area contributed by atoms with Crippen LogP contribution in [-0.2, 0) is 14.8 Å². The lowest BCUT2D eigenvalue weighted by Crippen LogP contribution is -2.36. The van der Waals surface area contributed by atoms with Crippen molar-refractivity contribution in [2.45, 2.75) is 25.7 Å². The quantitative estimate of drug-likeness (QED) is 0.766. The summed E-state index contributed by atoms with van der Waals surface area (Å²) < 4.78 is 31.7. The second kappa shape index (κ2) is 6.55. The summed E-state index contributed by atoms with van der Waals surface area (Å²) in [6.07, 6.45) is 0. The number of carbonyl (C=O) groups is 1. The normalized spacial score (nSPS) is 12.2. The molecule has 1 aromatic rings. The van der Waals surface area contributed by atoms with E-state index in [2.05, 4.69) is 9.46 Å². The van der Waals surface area contributed by atoms with E-state index in [1.807, 2.05) is 0 Å². The van der Waals surface area contributed by atoms with E-state index < -0.39 is 21.4 Å². The molecule has 0 aliphatic carbocycles. The molecule has 0 aliphatic rings. The highest BCUT2D eigenvalue weighted by Gasteiger charge is 2.23. The summed E-state index contributed by atoms with van der Waals surface area (Å²) in [5, 5.41) is 9.17. The molecule has 7 heteroatoms. The van der Waals surface area contributed by atoms with Crippen LogP contribution in [0, 0.1) is 12.3 Å². The van der Waals surface area contributed by atoms with Crippen molar-refractivity contribution in [3.8, 4) is 0 Å². The minimum Gasteiger partial charge on any atom is -0.465 e. The third-order valence-electron chi connectivity index (χ3n) is 3.07. The van der Waals surface area contributed by atoms with E-state index in [1.54, 1.807) is 26.8 Å². The molecule has 0 heterocycles. The van der Waals surface area contributed by atoms with Crippen LogP contribution in [0.15, 0.2) is 23.1 Å². The molecule has 6 nitrogen and oxygen atoms in total. The van der Waals surface area contributed by atoms with Crippen LogP contribution < -0.4 is 4.72 Å². The maximum absolute atomic E-state index is 12.3. The monoisotopic (exact) mass is 315 g/mol. The Bertz CT molecular complexity index is 622. The lowest BCUT2D eigenvalue weighted by Gasteiger charge is -2.22. The number of hydrogen-bond acceptors (Lipinski definition) is 5. The van der Waals surface area contributed by atoms with Gasteiger partial charge in [-0.3, -0.25) is 0 Å². The van der Waals surface area contributed by atoms with Gasteiger partial charge in [-0.25, -0.2) is 17.9 Å². The zero-order valence-corrected chi connectivity index (χ0v) is 13.5. The minimum atomic E-state index is -3.77. The Morgan fingerprint density at radius 3 is 2.52 bits per heavy atom. The number of rotatable bonds is 6. The molecule has 0 radical (unpaired) electrons. The molecule has 2 N–H and O–H groups in total. The van der Waals surface area contributed by atoms with Crippen molar-refractivity contribution >= 4 is 16.0 Å². The van der Waals surface area contributed by atoms with Crippen LogP contribution in [0.25, 0.3) is 0 Å². The van der Waals surface area contributed by atoms with Gasteiger partial charge >= 0.3 is 5.97 Å². The number of sulfonamides is 1. The predicted molar refractivity (Wildman–Crippen MR) is 78.6 cm³/mol. The summed E-state index contributed by atoms with van der Waals surface area (Å²) in [7, 11) is -2.53. The van der Waals surface area contributed by atoms with Gasteiger partial charge in [0.1, 0.15) is 0 Å². The van der Waals surface area contributed by atoms with E-state index in [9.17, 15) is 13.2 Å². The van der Waals surface area contributed by atoms with Gasteiger partial charge in [0.05, 0.1) is 17.6 Å². The number of aliphatic hydroxyl groups is 1. The van der Waals surface area contributed by atoms with Gasteiger partial charge < -0.3 is 9.84 Å². The van der Waals surface area contributed by atoms with Crippen molar-refractivity contribution in [2.75, 3.05) is 20.3 Å². The molecule has 118 valence electrons. The zero-order valence-electron chi connectivity index (χ0n) is 12.6. The van der Waals surface area contributed by atoms with E-state index in [4.69, 9.17) is 5.11 Å². The molecule has 1 rings (SSSR count). The number of aryl methyl sites for hydroxylation is 1. The molecule has 0 unspecified atom stereocenters. The van der Waals surface area contributed by atoms with Crippen molar-refractivity contribution in [3.05, 3.63) is 29.3 Å². The fourth-order valence-corrected chi connectivity index (χ4v) is 3.07. The Hall–Kier alpha value is -1.44. The van der Waals surface area contributed by atoms with Gasteiger partial charge in [0.2, 0.25) is 10.0 Å². The van der Waals surface area contributed by atoms with Gasteiger partial charge in [-0.05, 0) is 24.6 Å². The topological polar surface area (TPSA) is 92.7 Å². The number of ether oxygens (including phenoxy) is 1. The lowest BCUT2D eigenvalue weighted by molar-refractivity contribution is 0.0600. The van der Waals surface area contributed by atoms with Crippen LogP contribution in [0.3, 0.4) is 0 Å². The molecule has 0 saturated heterocycles. The second-order valence-corrected chi connectivity index (χ2v) is 7.35. The Balaban J connectivity index is 3.10. The minimum absolute atomic E-state index is 0.0270. The second-order valence-electron chi connectivity index (χ2n) is 5.62. The van der Waals surface area contributed by atoms with Crippen LogP contribution >= 0.6 is 0 Å². The summed E-state index contributed by atoms with van der Waals surface area (Å²) in [6, 6.07) is 4.35. The van der Waals surface area contributed by atoms with E-state index >= 15 is 0 Å². The predicted octanol–water partition coefficient (Wildman–Crippen LogP) is 1.08. The molecular weight excluding hydrogens is 294 g/mol. The first-order valence-corrected chi connectivity index (χ1v) is 7.91. The Morgan fingerprint density at radius 1 is 1.38 bits per heavy atom. The number of aliphatic hydroxyl groups excluding tert-OH is 1. The van der Waals surface area contributed by atoms with Crippen molar-refractivity contribution in [2.24, 2.45) is 5.41 Å². The van der Waals surface area contributed by atoms with Gasteiger partial charge in [0.15, 0.2) is 0 Å². The van der Waals surface area contributed by atoms with Crippen LogP contribution in [0.5, 0.6) is 0 Å². The fourth-order valence-electron chi connectivity index (χ4n) is 1.56. The van der Waals surface area contributed by atoms with Crippen LogP contribution in [0.2, 0.25) is 0 Å². The Kier molecular flexibility index (Phi) is 5.49. The van der Waals surface area contributed by atoms with Gasteiger partial charge in [0.25, 0.3) is 0 Å². The zero-order chi connectivity index (χ0) is 16.3. The van der Waals surface area contributed by atoms with Crippen molar-refractivity contribution in [1.82, 2.24) is 4.72 Å². The molecule has 21 heavy (non-hydrogen) atoms. The molecule has 0 aromatic heterocycles. The largest absolute Gasteiger partial charge is 0.465 e. The first-order chi connectivity index (χ1) is 9.63. The molecule has 0 fully saturated rings. The van der Waals surface area contributed by atoms with Gasteiger partial charge in [-0.15, -0.1) is 0 Å². The third kappa shape index (κ3) is 4.52. The Labute approximate surface area is 125 Å². The summed E-state index contributed by atoms with van der Waals surface area (Å²) >= 11 is 0. The number of hydrogen-bond donors (Lipinski definition) is 2. The summed E-state index contributed by atoms with van der Waals surface area (Å²) in [5.74, 6) is -0.595. The molecular formula is C14H21NO5S. The highest BCUT2D eigenvalue weighted by molar-refractivity contribution is 7.89. The van der Waals surface area contributed by atoms with E-state index in [0.717, 1.165) is 0 Å². The number of esters is 1. The summed E-state index contributed by atoms with van der Waals surface area (Å²) in [4.78, 5) is 11.5. The van der Waals surface area contributed by atoms with Crippen LogP contribution in [0.1, 0.15) is 29.8 Å². The number of benzene rings is 1. The highest BCUT2D eigenvalue weighted by Crippen LogP contribution is 2.19. The summed E-state index contributed by atoms with van der Waals surface area (Å²) in [6.45, 7) is 5.08. The van der Waals surface area contributed by atoms with Crippen molar-refractivity contribution in [1.29, 1.82) is 0 Å². The summed E-state index contributed by atoms with van der Waals surface area (Å²) in [5.41, 5.74) is 0.128. The standard InChI is InChI=1S/C14H21NO5S/c1-10-5-6-11(13(17)20-4)7-12(10)21(18,19)15-8-14(2,3)9-16/h5-7,15-16H,8-9H2,1-4H3. The molecule has 0 aliphatic heterocycles. The SMILES string of the molecule is COC(=O)c1ccc(C)c(S(=O)(=O)NCC(C)(C)CO)c1. The molecule has 0 bridgehead atoms. The van der Waals surface area contributed by atoms with Crippen molar-refractivity contribution in [3.63, 3.8) is 0 Å². The average molecular weight is 315 g/mol. The van der Waals surface area contributed by atoms with Crippen molar-refractivity contribution < 1.29 is 23.1 Å². The van der Waals surface area contributed by atoms with Crippen LogP contribution in [0.4, 0.5) is 0 Å². The third-order valence-corrected chi connectivity index (χ3v) is 4.61. The van der Waals surface area contributed by atoms with E-state index in [1.165, 1.54) is 19.2 Å². The molecule has 0 amide bonds. The fraction of sp³-hybridized carbons (Fsp3) is 0.500. The Morgan fingerprint density at radius 2 is 2.00 bits per heavy atom. The number of methoxy groups -OCH3 is 1. The lowest BCUT2D eigenvalue weighted by atomic mass is 9.96. The molecule has 0 atom stereocenters. The number of carbonyl (C=O) groups excluding carboxylic acids is 1. The van der Waals surface area contributed by atoms with Gasteiger partial charge in [-0.2, -0.15) is 0 Å². The smallest absolute Gasteiger partial charge is 0.337 e.